The molecule has 43 heavy (non-hydrogen) atoms. The van der Waals surface area contributed by atoms with Crippen LogP contribution in [0.15, 0.2) is 79.0 Å². The molecule has 0 aliphatic carbocycles. The molecule has 1 saturated heterocycles. The number of aromatic nitrogens is 1. The molecule has 2 atom stereocenters. The van der Waals surface area contributed by atoms with E-state index in [0.717, 1.165) is 27.7 Å². The Morgan fingerprint density at radius 2 is 1.65 bits per heavy atom. The van der Waals surface area contributed by atoms with E-state index in [1.807, 2.05) is 80.6 Å². The van der Waals surface area contributed by atoms with Gasteiger partial charge in [0.05, 0.1) is 11.3 Å². The number of carbonyl (C=O) groups excluding carboxylic acids is 3. The molecule has 0 spiro atoms. The van der Waals surface area contributed by atoms with Gasteiger partial charge in [-0.2, -0.15) is 0 Å². The predicted molar refractivity (Wildman–Crippen MR) is 170 cm³/mol. The van der Waals surface area contributed by atoms with Crippen molar-refractivity contribution in [3.05, 3.63) is 95.7 Å². The van der Waals surface area contributed by atoms with Gasteiger partial charge in [0.15, 0.2) is 0 Å². The second-order valence-corrected chi connectivity index (χ2v) is 11.3. The molecule has 1 aliphatic rings. The number of piperazine rings is 1. The van der Waals surface area contributed by atoms with Crippen LogP contribution >= 0.6 is 0 Å². The number of nitrogens with two attached hydrogens (primary N) is 1. The third-order valence-corrected chi connectivity index (χ3v) is 7.97. The first-order valence-corrected chi connectivity index (χ1v) is 14.5. The van der Waals surface area contributed by atoms with Crippen molar-refractivity contribution in [2.45, 2.75) is 25.4 Å². The SMILES string of the molecule is C[C@H](c1c[nH]c2ccccc12)[C@@H](NC(=O)N1CCN(c2ccccc2)CC1)C(=O)Nc1cc(CN(C)C)ccc1C(N)=O. The summed E-state index contributed by atoms with van der Waals surface area (Å²) in [6.07, 6.45) is 1.88. The van der Waals surface area contributed by atoms with Gasteiger partial charge in [-0.15, -0.1) is 0 Å². The summed E-state index contributed by atoms with van der Waals surface area (Å²) in [5.74, 6) is -1.47. The average molecular weight is 582 g/mol. The second-order valence-electron chi connectivity index (χ2n) is 11.3. The number of amides is 4. The number of benzene rings is 3. The summed E-state index contributed by atoms with van der Waals surface area (Å²) in [4.78, 5) is 49.2. The Balaban J connectivity index is 1.39. The van der Waals surface area contributed by atoms with Crippen molar-refractivity contribution in [2.75, 3.05) is 50.5 Å². The Morgan fingerprint density at radius 3 is 2.35 bits per heavy atom. The highest BCUT2D eigenvalue weighted by Gasteiger charge is 2.32. The molecular formula is C33H39N7O3. The van der Waals surface area contributed by atoms with Crippen molar-refractivity contribution in [3.63, 3.8) is 0 Å². The van der Waals surface area contributed by atoms with Crippen LogP contribution in [0.1, 0.15) is 34.3 Å². The van der Waals surface area contributed by atoms with Crippen molar-refractivity contribution in [1.29, 1.82) is 0 Å². The van der Waals surface area contributed by atoms with Crippen LogP contribution in [0.5, 0.6) is 0 Å². The average Bonchev–Trinajstić information content (AvgIpc) is 3.44. The first-order valence-electron chi connectivity index (χ1n) is 14.5. The van der Waals surface area contributed by atoms with Gasteiger partial charge in [-0.25, -0.2) is 4.79 Å². The molecule has 3 aromatic carbocycles. The van der Waals surface area contributed by atoms with E-state index in [2.05, 4.69) is 32.7 Å². The van der Waals surface area contributed by atoms with Gasteiger partial charge in [-0.05, 0) is 55.6 Å². The van der Waals surface area contributed by atoms with Crippen LogP contribution in [-0.2, 0) is 11.3 Å². The number of nitrogens with zero attached hydrogens (tertiary/aromatic N) is 3. The number of nitrogens with one attached hydrogen (secondary N) is 3. The number of H-pyrrole nitrogens is 1. The lowest BCUT2D eigenvalue weighted by atomic mass is 9.92. The lowest BCUT2D eigenvalue weighted by Gasteiger charge is -2.37. The Labute approximate surface area is 251 Å². The van der Waals surface area contributed by atoms with Crippen molar-refractivity contribution < 1.29 is 14.4 Å². The Hall–Kier alpha value is -4.83. The quantitative estimate of drug-likeness (QED) is 0.238. The number of hydrogen-bond acceptors (Lipinski definition) is 5. The number of para-hydroxylation sites is 2. The fraction of sp³-hybridized carbons (Fsp3) is 0.303. The summed E-state index contributed by atoms with van der Waals surface area (Å²) >= 11 is 0. The minimum absolute atomic E-state index is 0.206. The zero-order chi connectivity index (χ0) is 30.5. The fourth-order valence-corrected chi connectivity index (χ4v) is 5.68. The number of aromatic amines is 1. The summed E-state index contributed by atoms with van der Waals surface area (Å²) in [6, 6.07) is 21.9. The fourth-order valence-electron chi connectivity index (χ4n) is 5.68. The molecule has 1 aromatic heterocycles. The van der Waals surface area contributed by atoms with Crippen LogP contribution in [0.4, 0.5) is 16.2 Å². The number of primary amides is 1. The van der Waals surface area contributed by atoms with Crippen molar-refractivity contribution in [3.8, 4) is 0 Å². The van der Waals surface area contributed by atoms with Gasteiger partial charge >= 0.3 is 6.03 Å². The highest BCUT2D eigenvalue weighted by molar-refractivity contribution is 6.05. The standard InChI is InChI=1S/C33H39N7O3/c1-22(27-20-35-28-12-8-7-11-25(27)28)30(32(42)36-29-19-23(21-38(2)3)13-14-26(29)31(34)41)37-33(43)40-17-15-39(16-18-40)24-9-5-4-6-10-24/h4-14,19-20,22,30,35H,15-18,21H2,1-3H3,(H2,34,41)(H,36,42)(H,37,43)/t22-,30-/m1/s1. The molecule has 0 radical (unpaired) electrons. The van der Waals surface area contributed by atoms with E-state index in [1.54, 1.807) is 17.0 Å². The van der Waals surface area contributed by atoms with Crippen LogP contribution in [0.3, 0.4) is 0 Å². The van der Waals surface area contributed by atoms with Crippen molar-refractivity contribution >= 4 is 40.1 Å². The number of fused-ring (bicyclic) bond motifs is 1. The van der Waals surface area contributed by atoms with Crippen LogP contribution in [0, 0.1) is 0 Å². The number of rotatable bonds is 9. The molecule has 5 rings (SSSR count). The first-order chi connectivity index (χ1) is 20.7. The van der Waals surface area contributed by atoms with E-state index in [0.29, 0.717) is 38.4 Å². The molecule has 4 amide bonds. The molecule has 0 unspecified atom stereocenters. The Morgan fingerprint density at radius 1 is 0.953 bits per heavy atom. The van der Waals surface area contributed by atoms with E-state index in [-0.39, 0.29) is 11.6 Å². The molecule has 224 valence electrons. The smallest absolute Gasteiger partial charge is 0.318 e. The third kappa shape index (κ3) is 6.81. The molecule has 10 nitrogen and oxygen atoms in total. The van der Waals surface area contributed by atoms with Crippen LogP contribution in [0.25, 0.3) is 10.9 Å². The maximum Gasteiger partial charge on any atom is 0.318 e. The van der Waals surface area contributed by atoms with E-state index >= 15 is 0 Å². The molecule has 0 bridgehead atoms. The molecule has 2 heterocycles. The van der Waals surface area contributed by atoms with E-state index in [9.17, 15) is 14.4 Å². The van der Waals surface area contributed by atoms with Gasteiger partial charge in [0.1, 0.15) is 6.04 Å². The molecule has 0 saturated carbocycles. The molecule has 5 N–H and O–H groups in total. The topological polar surface area (TPSA) is 127 Å². The third-order valence-electron chi connectivity index (χ3n) is 7.97. The van der Waals surface area contributed by atoms with Gasteiger partial charge in [-0.3, -0.25) is 9.59 Å². The van der Waals surface area contributed by atoms with E-state index in [1.165, 1.54) is 0 Å². The lowest BCUT2D eigenvalue weighted by Crippen LogP contribution is -2.56. The summed E-state index contributed by atoms with van der Waals surface area (Å²) in [7, 11) is 3.88. The minimum atomic E-state index is -0.933. The molecule has 10 heteroatoms. The minimum Gasteiger partial charge on any atom is -0.368 e. The predicted octanol–water partition coefficient (Wildman–Crippen LogP) is 3.97. The van der Waals surface area contributed by atoms with Gasteiger partial charge < -0.3 is 36.1 Å². The summed E-state index contributed by atoms with van der Waals surface area (Å²) < 4.78 is 0. The molecule has 1 fully saturated rings. The number of hydrogen-bond donors (Lipinski definition) is 4. The van der Waals surface area contributed by atoms with Gasteiger partial charge in [0, 0.05) is 61.4 Å². The summed E-state index contributed by atoms with van der Waals surface area (Å²) in [5, 5.41) is 6.93. The Bertz CT molecular complexity index is 1590. The normalized spacial score (nSPS) is 14.9. The maximum absolute atomic E-state index is 14.0. The number of carbonyl (C=O) groups is 3. The van der Waals surface area contributed by atoms with Crippen LogP contribution in [0.2, 0.25) is 0 Å². The highest BCUT2D eigenvalue weighted by atomic mass is 16.2. The zero-order valence-corrected chi connectivity index (χ0v) is 24.8. The van der Waals surface area contributed by atoms with Crippen molar-refractivity contribution in [1.82, 2.24) is 20.1 Å². The van der Waals surface area contributed by atoms with Gasteiger partial charge in [0.25, 0.3) is 5.91 Å². The second kappa shape index (κ2) is 13.0. The monoisotopic (exact) mass is 581 g/mol. The summed E-state index contributed by atoms with van der Waals surface area (Å²) in [5.41, 5.74) is 10.1. The van der Waals surface area contributed by atoms with E-state index in [4.69, 9.17) is 5.73 Å². The van der Waals surface area contributed by atoms with Crippen LogP contribution < -0.4 is 21.3 Å². The van der Waals surface area contributed by atoms with Crippen LogP contribution in [-0.4, -0.2) is 78.9 Å². The molecule has 4 aromatic rings. The molecule has 1 aliphatic heterocycles. The maximum atomic E-state index is 14.0. The highest BCUT2D eigenvalue weighted by Crippen LogP contribution is 2.29. The number of anilines is 2. The number of urea groups is 1. The van der Waals surface area contributed by atoms with Gasteiger partial charge in [-0.1, -0.05) is 49.4 Å². The largest absolute Gasteiger partial charge is 0.368 e. The zero-order valence-electron chi connectivity index (χ0n) is 24.8. The van der Waals surface area contributed by atoms with Gasteiger partial charge in [0.2, 0.25) is 5.91 Å². The Kier molecular flexibility index (Phi) is 8.96. The lowest BCUT2D eigenvalue weighted by molar-refractivity contribution is -0.118. The van der Waals surface area contributed by atoms with E-state index < -0.39 is 23.8 Å². The first kappa shape index (κ1) is 29.7. The van der Waals surface area contributed by atoms with Crippen molar-refractivity contribution in [2.24, 2.45) is 5.73 Å². The summed E-state index contributed by atoms with van der Waals surface area (Å²) in [6.45, 7) is 4.96. The molecular weight excluding hydrogens is 542 g/mol.